The van der Waals surface area contributed by atoms with Crippen LogP contribution < -0.4 is 4.74 Å². The minimum absolute atomic E-state index is 0.419. The van der Waals surface area contributed by atoms with Gasteiger partial charge in [-0.1, -0.05) is 29.8 Å². The number of rotatable bonds is 5. The highest BCUT2D eigenvalue weighted by molar-refractivity contribution is 9.10. The first kappa shape index (κ1) is 14.8. The zero-order valence-corrected chi connectivity index (χ0v) is 14.0. The van der Waals surface area contributed by atoms with Gasteiger partial charge in [-0.3, -0.25) is 0 Å². The van der Waals surface area contributed by atoms with Crippen LogP contribution >= 0.6 is 38.9 Å². The summed E-state index contributed by atoms with van der Waals surface area (Å²) >= 11 is 10.8. The molecule has 0 fully saturated rings. The number of halogens is 2. The quantitative estimate of drug-likeness (QED) is 0.671. The molecule has 0 bridgehead atoms. The van der Waals surface area contributed by atoms with Gasteiger partial charge < -0.3 is 4.74 Å². The van der Waals surface area contributed by atoms with Crippen LogP contribution in [0.5, 0.6) is 5.75 Å². The third kappa shape index (κ3) is 3.94. The van der Waals surface area contributed by atoms with Crippen molar-refractivity contribution in [3.05, 3.63) is 44.3 Å². The average molecular weight is 361 g/mol. The van der Waals surface area contributed by atoms with Crippen LogP contribution in [-0.2, 0) is 12.5 Å². The molecule has 1 aromatic carbocycles. The summed E-state index contributed by atoms with van der Waals surface area (Å²) in [5.41, 5.74) is 2.11. The van der Waals surface area contributed by atoms with Crippen LogP contribution in [0.1, 0.15) is 36.0 Å². The third-order valence-corrected chi connectivity index (χ3v) is 4.32. The highest BCUT2D eigenvalue weighted by Gasteiger charge is 2.10. The molecule has 0 radical (unpaired) electrons. The second-order valence-electron chi connectivity index (χ2n) is 4.49. The number of thiazole rings is 1. The van der Waals surface area contributed by atoms with Crippen molar-refractivity contribution < 1.29 is 4.74 Å². The van der Waals surface area contributed by atoms with E-state index in [4.69, 9.17) is 16.3 Å². The molecule has 0 aliphatic heterocycles. The number of alkyl halides is 1. The number of nitrogens with zero attached hydrogens (tertiary/aromatic N) is 1. The van der Waals surface area contributed by atoms with Crippen molar-refractivity contribution in [2.75, 3.05) is 0 Å². The van der Waals surface area contributed by atoms with Gasteiger partial charge in [-0.25, -0.2) is 4.98 Å². The molecule has 1 heterocycles. The molecule has 0 saturated carbocycles. The number of benzene rings is 1. The molecule has 19 heavy (non-hydrogen) atoms. The van der Waals surface area contributed by atoms with Gasteiger partial charge in [-0.2, -0.15) is 0 Å². The maximum absolute atomic E-state index is 5.88. The Morgan fingerprint density at radius 2 is 2.21 bits per heavy atom. The smallest absolute Gasteiger partial charge is 0.140 e. The predicted octanol–water partition coefficient (Wildman–Crippen LogP) is 5.35. The van der Waals surface area contributed by atoms with Crippen LogP contribution in [0.25, 0.3) is 0 Å². The Bertz CT molecular complexity index is 556. The molecule has 0 aliphatic carbocycles. The summed E-state index contributed by atoms with van der Waals surface area (Å²) in [6.07, 6.45) is 0. The molecular weight excluding hydrogens is 346 g/mol. The first-order valence-corrected chi connectivity index (χ1v) is 8.22. The maximum Gasteiger partial charge on any atom is 0.140 e. The minimum atomic E-state index is 0.419. The molecule has 5 heteroatoms. The summed E-state index contributed by atoms with van der Waals surface area (Å²) in [7, 11) is 0. The number of hydrogen-bond donors (Lipinski definition) is 0. The topological polar surface area (TPSA) is 22.1 Å². The molecule has 0 aliphatic rings. The maximum atomic E-state index is 5.88. The van der Waals surface area contributed by atoms with Crippen LogP contribution in [0.2, 0.25) is 0 Å². The number of ether oxygens (including phenoxy) is 1. The van der Waals surface area contributed by atoms with Gasteiger partial charge in [0.15, 0.2) is 0 Å². The molecule has 0 unspecified atom stereocenters. The van der Waals surface area contributed by atoms with E-state index in [9.17, 15) is 0 Å². The van der Waals surface area contributed by atoms with Crippen molar-refractivity contribution in [3.8, 4) is 5.75 Å². The van der Waals surface area contributed by atoms with Gasteiger partial charge in [0.2, 0.25) is 0 Å². The average Bonchev–Trinajstić information content (AvgIpc) is 2.85. The minimum Gasteiger partial charge on any atom is -0.486 e. The van der Waals surface area contributed by atoms with Gasteiger partial charge in [-0.15, -0.1) is 22.9 Å². The molecule has 2 aromatic rings. The lowest BCUT2D eigenvalue weighted by molar-refractivity contribution is 0.301. The fourth-order valence-electron chi connectivity index (χ4n) is 1.72. The van der Waals surface area contributed by atoms with E-state index in [0.717, 1.165) is 20.9 Å². The summed E-state index contributed by atoms with van der Waals surface area (Å²) in [6.45, 7) is 4.80. The van der Waals surface area contributed by atoms with E-state index < -0.39 is 0 Å². The van der Waals surface area contributed by atoms with E-state index in [0.29, 0.717) is 18.4 Å². The second kappa shape index (κ2) is 6.73. The molecule has 1 aromatic heterocycles. The Hall–Kier alpha value is -0.580. The van der Waals surface area contributed by atoms with Crippen LogP contribution in [0.15, 0.2) is 28.1 Å². The predicted molar refractivity (Wildman–Crippen MR) is 84.2 cm³/mol. The van der Waals surface area contributed by atoms with Gasteiger partial charge in [-0.05, 0) is 29.7 Å². The Balaban J connectivity index is 2.10. The van der Waals surface area contributed by atoms with Crippen molar-refractivity contribution in [1.29, 1.82) is 0 Å². The van der Waals surface area contributed by atoms with Gasteiger partial charge >= 0.3 is 0 Å². The zero-order valence-electron chi connectivity index (χ0n) is 10.8. The fourth-order valence-corrected chi connectivity index (χ4v) is 3.03. The van der Waals surface area contributed by atoms with Crippen LogP contribution in [0.4, 0.5) is 0 Å². The lowest BCUT2D eigenvalue weighted by Crippen LogP contribution is -2.00. The lowest BCUT2D eigenvalue weighted by atomic mass is 10.0. The summed E-state index contributed by atoms with van der Waals surface area (Å²) < 4.78 is 6.95. The van der Waals surface area contributed by atoms with Crippen molar-refractivity contribution in [2.24, 2.45) is 0 Å². The second-order valence-corrected chi connectivity index (χ2v) is 6.62. The SMILES string of the molecule is CC(C)c1cc(Br)ccc1OCc1nc(CCl)cs1. The van der Waals surface area contributed by atoms with Crippen LogP contribution in [0, 0.1) is 0 Å². The Labute approximate surface area is 130 Å². The van der Waals surface area contributed by atoms with Crippen LogP contribution in [0.3, 0.4) is 0 Å². The first-order valence-electron chi connectivity index (χ1n) is 6.01. The van der Waals surface area contributed by atoms with E-state index in [2.05, 4.69) is 40.8 Å². The Morgan fingerprint density at radius 1 is 1.42 bits per heavy atom. The summed E-state index contributed by atoms with van der Waals surface area (Å²) in [6, 6.07) is 6.09. The van der Waals surface area contributed by atoms with Crippen molar-refractivity contribution in [1.82, 2.24) is 4.98 Å². The summed E-state index contributed by atoms with van der Waals surface area (Å²) in [5, 5.41) is 2.92. The van der Waals surface area contributed by atoms with Gasteiger partial charge in [0.1, 0.15) is 17.4 Å². The van der Waals surface area contributed by atoms with E-state index >= 15 is 0 Å². The molecule has 2 nitrogen and oxygen atoms in total. The van der Waals surface area contributed by atoms with Crippen molar-refractivity contribution in [3.63, 3.8) is 0 Å². The van der Waals surface area contributed by atoms with Gasteiger partial charge in [0.05, 0.1) is 11.6 Å². The zero-order chi connectivity index (χ0) is 13.8. The van der Waals surface area contributed by atoms with E-state index in [1.165, 1.54) is 5.56 Å². The third-order valence-electron chi connectivity index (χ3n) is 2.68. The molecule has 2 rings (SSSR count). The van der Waals surface area contributed by atoms with E-state index in [1.807, 2.05) is 17.5 Å². The molecule has 0 amide bonds. The highest BCUT2D eigenvalue weighted by atomic mass is 79.9. The monoisotopic (exact) mass is 359 g/mol. The standard InChI is InChI=1S/C14H15BrClNOS/c1-9(2)12-5-10(15)3-4-13(12)18-7-14-17-11(6-16)8-19-14/h3-5,8-9H,6-7H2,1-2H3. The number of aromatic nitrogens is 1. The van der Waals surface area contributed by atoms with Gasteiger partial charge in [0.25, 0.3) is 0 Å². The van der Waals surface area contributed by atoms with E-state index in [-0.39, 0.29) is 0 Å². The van der Waals surface area contributed by atoms with Crippen molar-refractivity contribution in [2.45, 2.75) is 32.3 Å². The number of hydrogen-bond acceptors (Lipinski definition) is 3. The fraction of sp³-hybridized carbons (Fsp3) is 0.357. The Morgan fingerprint density at radius 3 is 2.84 bits per heavy atom. The Kier molecular flexibility index (Phi) is 5.25. The molecule has 0 spiro atoms. The largest absolute Gasteiger partial charge is 0.486 e. The van der Waals surface area contributed by atoms with Crippen LogP contribution in [-0.4, -0.2) is 4.98 Å². The molecule has 102 valence electrons. The molecular formula is C14H15BrClNOS. The lowest BCUT2D eigenvalue weighted by Gasteiger charge is -2.13. The molecule has 0 atom stereocenters. The van der Waals surface area contributed by atoms with Crippen molar-refractivity contribution >= 4 is 38.9 Å². The highest BCUT2D eigenvalue weighted by Crippen LogP contribution is 2.30. The molecule has 0 saturated heterocycles. The summed E-state index contributed by atoms with van der Waals surface area (Å²) in [4.78, 5) is 4.39. The normalized spacial score (nSPS) is 11.0. The van der Waals surface area contributed by atoms with E-state index in [1.54, 1.807) is 11.3 Å². The molecule has 0 N–H and O–H groups in total. The van der Waals surface area contributed by atoms with Gasteiger partial charge in [0, 0.05) is 9.85 Å². The summed E-state index contributed by atoms with van der Waals surface area (Å²) in [5.74, 6) is 1.79. The first-order chi connectivity index (χ1) is 9.10.